The Bertz CT molecular complexity index is 464. The molecular weight excluding hydrogens is 257 g/mol. The zero-order valence-electron chi connectivity index (χ0n) is 12.1. The standard InChI is InChI=1S/C15H22FN3O/c1-18-5-3-11(4-6-18)10-19(2)15(20)12-7-13(16)9-14(17)8-12/h7-9,11H,3-6,10,17H2,1-2H3. The third-order valence-corrected chi connectivity index (χ3v) is 3.88. The van der Waals surface area contributed by atoms with E-state index in [-0.39, 0.29) is 11.6 Å². The van der Waals surface area contributed by atoms with E-state index in [1.54, 1.807) is 11.9 Å². The van der Waals surface area contributed by atoms with Crippen molar-refractivity contribution in [2.45, 2.75) is 12.8 Å². The predicted octanol–water partition coefficient (Wildman–Crippen LogP) is 1.82. The summed E-state index contributed by atoms with van der Waals surface area (Å²) in [5.41, 5.74) is 6.18. The molecule has 2 N–H and O–H groups in total. The molecule has 1 heterocycles. The van der Waals surface area contributed by atoms with E-state index in [0.717, 1.165) is 25.9 Å². The highest BCUT2D eigenvalue weighted by atomic mass is 19.1. The molecule has 0 spiro atoms. The molecule has 20 heavy (non-hydrogen) atoms. The molecular formula is C15H22FN3O. The molecule has 0 atom stereocenters. The van der Waals surface area contributed by atoms with Gasteiger partial charge in [0, 0.05) is 24.8 Å². The molecule has 1 saturated heterocycles. The summed E-state index contributed by atoms with van der Waals surface area (Å²) in [7, 11) is 3.88. The minimum absolute atomic E-state index is 0.171. The number of nitrogens with two attached hydrogens (primary N) is 1. The van der Waals surface area contributed by atoms with Gasteiger partial charge in [0.05, 0.1) is 0 Å². The number of halogens is 1. The largest absolute Gasteiger partial charge is 0.399 e. The van der Waals surface area contributed by atoms with E-state index in [9.17, 15) is 9.18 Å². The molecule has 0 radical (unpaired) electrons. The summed E-state index contributed by atoms with van der Waals surface area (Å²) in [5.74, 6) is -0.123. The number of piperidine rings is 1. The zero-order valence-corrected chi connectivity index (χ0v) is 12.1. The van der Waals surface area contributed by atoms with Gasteiger partial charge in [-0.2, -0.15) is 0 Å². The molecule has 0 unspecified atom stereocenters. The van der Waals surface area contributed by atoms with Crippen molar-refractivity contribution in [2.24, 2.45) is 5.92 Å². The van der Waals surface area contributed by atoms with Crippen LogP contribution < -0.4 is 5.73 Å². The second-order valence-corrected chi connectivity index (χ2v) is 5.71. The molecule has 0 bridgehead atoms. The molecule has 0 saturated carbocycles. The molecule has 0 aromatic heterocycles. The first-order valence-electron chi connectivity index (χ1n) is 6.96. The first-order valence-corrected chi connectivity index (χ1v) is 6.96. The van der Waals surface area contributed by atoms with Crippen LogP contribution in [0.4, 0.5) is 10.1 Å². The Morgan fingerprint density at radius 2 is 2.05 bits per heavy atom. The quantitative estimate of drug-likeness (QED) is 0.859. The lowest BCUT2D eigenvalue weighted by molar-refractivity contribution is 0.0747. The van der Waals surface area contributed by atoms with Crippen LogP contribution >= 0.6 is 0 Å². The van der Waals surface area contributed by atoms with E-state index in [2.05, 4.69) is 11.9 Å². The van der Waals surface area contributed by atoms with Crippen LogP contribution in [0.3, 0.4) is 0 Å². The van der Waals surface area contributed by atoms with Crippen LogP contribution in [0.1, 0.15) is 23.2 Å². The number of nitrogens with zero attached hydrogens (tertiary/aromatic N) is 2. The summed E-state index contributed by atoms with van der Waals surface area (Å²) >= 11 is 0. The maximum atomic E-state index is 13.3. The van der Waals surface area contributed by atoms with E-state index < -0.39 is 5.82 Å². The minimum atomic E-state index is -0.471. The summed E-state index contributed by atoms with van der Waals surface area (Å²) in [6.45, 7) is 2.85. The lowest BCUT2D eigenvalue weighted by Crippen LogP contribution is -2.38. The minimum Gasteiger partial charge on any atom is -0.399 e. The first-order chi connectivity index (χ1) is 9.45. The van der Waals surface area contributed by atoms with E-state index in [1.165, 1.54) is 18.2 Å². The fourth-order valence-corrected chi connectivity index (χ4v) is 2.67. The van der Waals surface area contributed by atoms with Gasteiger partial charge in [0.25, 0.3) is 5.91 Å². The Morgan fingerprint density at radius 3 is 2.65 bits per heavy atom. The van der Waals surface area contributed by atoms with Crippen LogP contribution in [0.5, 0.6) is 0 Å². The van der Waals surface area contributed by atoms with Crippen LogP contribution in [0.25, 0.3) is 0 Å². The van der Waals surface area contributed by atoms with Crippen LogP contribution in [-0.2, 0) is 0 Å². The fourth-order valence-electron chi connectivity index (χ4n) is 2.67. The molecule has 0 aliphatic carbocycles. The Labute approximate surface area is 119 Å². The number of hydrogen-bond acceptors (Lipinski definition) is 3. The van der Waals surface area contributed by atoms with Crippen molar-refractivity contribution in [2.75, 3.05) is 39.5 Å². The Morgan fingerprint density at radius 1 is 1.40 bits per heavy atom. The topological polar surface area (TPSA) is 49.6 Å². The number of rotatable bonds is 3. The SMILES string of the molecule is CN1CCC(CN(C)C(=O)c2cc(N)cc(F)c2)CC1. The third-order valence-electron chi connectivity index (χ3n) is 3.88. The normalized spacial score (nSPS) is 17.1. The summed E-state index contributed by atoms with van der Waals surface area (Å²) in [5, 5.41) is 0. The molecule has 5 heteroatoms. The van der Waals surface area contributed by atoms with Crippen LogP contribution in [0, 0.1) is 11.7 Å². The summed E-state index contributed by atoms with van der Waals surface area (Å²) in [6.07, 6.45) is 2.19. The van der Waals surface area contributed by atoms with Gasteiger partial charge in [0.15, 0.2) is 0 Å². The Hall–Kier alpha value is -1.62. The van der Waals surface area contributed by atoms with Gasteiger partial charge in [-0.3, -0.25) is 4.79 Å². The molecule has 1 amide bonds. The van der Waals surface area contributed by atoms with Crippen LogP contribution in [-0.4, -0.2) is 49.4 Å². The van der Waals surface area contributed by atoms with Crippen molar-refractivity contribution < 1.29 is 9.18 Å². The van der Waals surface area contributed by atoms with Gasteiger partial charge in [-0.25, -0.2) is 4.39 Å². The van der Waals surface area contributed by atoms with Gasteiger partial charge in [0.1, 0.15) is 5.82 Å². The van der Waals surface area contributed by atoms with E-state index in [4.69, 9.17) is 5.73 Å². The fraction of sp³-hybridized carbons (Fsp3) is 0.533. The van der Waals surface area contributed by atoms with Gasteiger partial charge >= 0.3 is 0 Å². The van der Waals surface area contributed by atoms with Gasteiger partial charge < -0.3 is 15.5 Å². The highest BCUT2D eigenvalue weighted by molar-refractivity contribution is 5.94. The van der Waals surface area contributed by atoms with Crippen LogP contribution in [0.15, 0.2) is 18.2 Å². The number of benzene rings is 1. The van der Waals surface area contributed by atoms with Crippen molar-refractivity contribution in [3.05, 3.63) is 29.6 Å². The van der Waals surface area contributed by atoms with Gasteiger partial charge in [0.2, 0.25) is 0 Å². The molecule has 1 aromatic rings. The number of anilines is 1. The maximum Gasteiger partial charge on any atom is 0.253 e. The highest BCUT2D eigenvalue weighted by Gasteiger charge is 2.21. The second-order valence-electron chi connectivity index (χ2n) is 5.71. The summed E-state index contributed by atoms with van der Waals surface area (Å²) < 4.78 is 13.3. The number of nitrogen functional groups attached to an aromatic ring is 1. The number of likely N-dealkylation sites (tertiary alicyclic amines) is 1. The zero-order chi connectivity index (χ0) is 14.7. The first kappa shape index (κ1) is 14.8. The lowest BCUT2D eigenvalue weighted by Gasteiger charge is -2.31. The average Bonchev–Trinajstić information content (AvgIpc) is 2.39. The maximum absolute atomic E-state index is 13.3. The monoisotopic (exact) mass is 279 g/mol. The number of amides is 1. The van der Waals surface area contributed by atoms with Gasteiger partial charge in [-0.1, -0.05) is 0 Å². The number of carbonyl (C=O) groups excluding carboxylic acids is 1. The molecule has 1 fully saturated rings. The van der Waals surface area contributed by atoms with E-state index >= 15 is 0 Å². The molecule has 1 aliphatic rings. The predicted molar refractivity (Wildman–Crippen MR) is 78.0 cm³/mol. The van der Waals surface area contributed by atoms with Crippen molar-refractivity contribution in [1.29, 1.82) is 0 Å². The third kappa shape index (κ3) is 3.70. The van der Waals surface area contributed by atoms with E-state index in [0.29, 0.717) is 18.0 Å². The van der Waals surface area contributed by atoms with Crippen LogP contribution in [0.2, 0.25) is 0 Å². The van der Waals surface area contributed by atoms with Gasteiger partial charge in [-0.15, -0.1) is 0 Å². The molecule has 110 valence electrons. The summed E-state index contributed by atoms with van der Waals surface area (Å²) in [6, 6.07) is 3.98. The van der Waals surface area contributed by atoms with E-state index in [1.807, 2.05) is 0 Å². The number of carbonyl (C=O) groups is 1. The molecule has 2 rings (SSSR count). The van der Waals surface area contributed by atoms with Crippen molar-refractivity contribution >= 4 is 11.6 Å². The second kappa shape index (κ2) is 6.22. The van der Waals surface area contributed by atoms with Crippen molar-refractivity contribution in [3.63, 3.8) is 0 Å². The highest BCUT2D eigenvalue weighted by Crippen LogP contribution is 2.18. The smallest absolute Gasteiger partial charge is 0.253 e. The van der Waals surface area contributed by atoms with Crippen molar-refractivity contribution in [3.8, 4) is 0 Å². The molecule has 1 aliphatic heterocycles. The average molecular weight is 279 g/mol. The summed E-state index contributed by atoms with van der Waals surface area (Å²) in [4.78, 5) is 16.2. The lowest BCUT2D eigenvalue weighted by atomic mass is 9.96. The molecule has 1 aromatic carbocycles. The molecule has 4 nitrogen and oxygen atoms in total. The Kier molecular flexibility index (Phi) is 4.60. The number of hydrogen-bond donors (Lipinski definition) is 1. The van der Waals surface area contributed by atoms with Crippen molar-refractivity contribution in [1.82, 2.24) is 9.80 Å². The van der Waals surface area contributed by atoms with Gasteiger partial charge in [-0.05, 0) is 57.1 Å². The Balaban J connectivity index is 1.98.